The van der Waals surface area contributed by atoms with Crippen LogP contribution in [-0.2, 0) is 0 Å². The van der Waals surface area contributed by atoms with E-state index < -0.39 is 0 Å². The Kier molecular flexibility index (Phi) is 7.38. The van der Waals surface area contributed by atoms with Crippen LogP contribution in [0.1, 0.15) is 6.42 Å². The Morgan fingerprint density at radius 1 is 1.69 bits per heavy atom. The molecule has 0 aromatic rings. The number of thioether (sulfide) groups is 1. The van der Waals surface area contributed by atoms with Gasteiger partial charge in [-0.2, -0.15) is 24.4 Å². The quantitative estimate of drug-likeness (QED) is 0.516. The van der Waals surface area contributed by atoms with Gasteiger partial charge in [-0.3, -0.25) is 0 Å². The highest BCUT2D eigenvalue weighted by Crippen LogP contribution is 2.15. The molecule has 0 N–H and O–H groups in total. The molecule has 1 unspecified atom stereocenters. The molecule has 0 aliphatic carbocycles. The van der Waals surface area contributed by atoms with Crippen molar-refractivity contribution in [2.24, 2.45) is 0 Å². The Morgan fingerprint density at radius 3 is 2.77 bits per heavy atom. The van der Waals surface area contributed by atoms with Gasteiger partial charge in [0.25, 0.3) is 0 Å². The summed E-state index contributed by atoms with van der Waals surface area (Å²) in [5.74, 6) is 1.13. The first kappa shape index (κ1) is 13.0. The predicted molar refractivity (Wildman–Crippen MR) is 67.7 cm³/mol. The fourth-order valence-electron chi connectivity index (χ4n) is 0.920. The average molecular weight is 217 g/mol. The fraction of sp³-hybridized carbons (Fsp3) is 0.600. The summed E-state index contributed by atoms with van der Waals surface area (Å²) in [6.07, 6.45) is 4.87. The lowest BCUT2D eigenvalue weighted by Crippen LogP contribution is -2.25. The molecule has 0 heterocycles. The van der Waals surface area contributed by atoms with Gasteiger partial charge in [-0.1, -0.05) is 12.7 Å². The van der Waals surface area contributed by atoms with E-state index in [1.165, 1.54) is 0 Å². The van der Waals surface area contributed by atoms with Gasteiger partial charge in [-0.25, -0.2) is 0 Å². The summed E-state index contributed by atoms with van der Waals surface area (Å²) in [6.45, 7) is 8.75. The van der Waals surface area contributed by atoms with Gasteiger partial charge < -0.3 is 4.90 Å². The molecule has 0 radical (unpaired) electrons. The average Bonchev–Trinajstić information content (AvgIpc) is 2.13. The van der Waals surface area contributed by atoms with E-state index in [0.717, 1.165) is 24.4 Å². The zero-order chi connectivity index (χ0) is 10.3. The van der Waals surface area contributed by atoms with E-state index in [0.29, 0.717) is 0 Å². The maximum Gasteiger partial charge on any atom is 0.0444 e. The van der Waals surface area contributed by atoms with Crippen LogP contribution in [0.15, 0.2) is 24.9 Å². The summed E-state index contributed by atoms with van der Waals surface area (Å²) in [5.41, 5.74) is 1.08. The number of hydrogen-bond donors (Lipinski definition) is 1. The van der Waals surface area contributed by atoms with Crippen molar-refractivity contribution in [1.82, 2.24) is 4.90 Å². The van der Waals surface area contributed by atoms with Gasteiger partial charge in [0.1, 0.15) is 0 Å². The van der Waals surface area contributed by atoms with Crippen LogP contribution in [0.2, 0.25) is 0 Å². The Labute approximate surface area is 91.7 Å². The summed E-state index contributed by atoms with van der Waals surface area (Å²) in [5, 5.41) is 0.212. The zero-order valence-electron chi connectivity index (χ0n) is 8.49. The van der Waals surface area contributed by atoms with Crippen molar-refractivity contribution in [3.05, 3.63) is 24.9 Å². The molecule has 1 nitrogen and oxygen atoms in total. The smallest absolute Gasteiger partial charge is 0.0444 e. The van der Waals surface area contributed by atoms with Crippen LogP contribution in [0.5, 0.6) is 0 Å². The van der Waals surface area contributed by atoms with Crippen LogP contribution < -0.4 is 0 Å². The van der Waals surface area contributed by atoms with Crippen molar-refractivity contribution in [3.8, 4) is 0 Å². The van der Waals surface area contributed by atoms with Crippen LogP contribution in [0.3, 0.4) is 0 Å². The molecular weight excluding hydrogens is 198 g/mol. The Bertz CT molecular complexity index is 168. The predicted octanol–water partition coefficient (Wildman–Crippen LogP) is 2.67. The summed E-state index contributed by atoms with van der Waals surface area (Å²) in [4.78, 5) is 2.16. The Morgan fingerprint density at radius 2 is 2.31 bits per heavy atom. The zero-order valence-corrected chi connectivity index (χ0v) is 10.2. The van der Waals surface area contributed by atoms with Crippen molar-refractivity contribution in [2.45, 2.75) is 11.7 Å². The summed E-state index contributed by atoms with van der Waals surface area (Å²) >= 11 is 6.29. The molecule has 0 aromatic heterocycles. The van der Waals surface area contributed by atoms with Gasteiger partial charge in [0.05, 0.1) is 0 Å². The van der Waals surface area contributed by atoms with E-state index in [1.807, 2.05) is 17.8 Å². The van der Waals surface area contributed by atoms with E-state index in [9.17, 15) is 0 Å². The summed E-state index contributed by atoms with van der Waals surface area (Å²) in [7, 11) is 2.06. The molecule has 13 heavy (non-hydrogen) atoms. The molecule has 0 rings (SSSR count). The minimum absolute atomic E-state index is 0.212. The molecule has 76 valence electrons. The molecule has 0 spiro atoms. The number of hydrogen-bond acceptors (Lipinski definition) is 3. The molecule has 0 fully saturated rings. The van der Waals surface area contributed by atoms with E-state index >= 15 is 0 Å². The van der Waals surface area contributed by atoms with Crippen LogP contribution in [0.25, 0.3) is 0 Å². The normalized spacial score (nSPS) is 12.2. The lowest BCUT2D eigenvalue weighted by Gasteiger charge is -2.24. The highest BCUT2D eigenvalue weighted by atomic mass is 32.2. The number of thiol groups is 1. The topological polar surface area (TPSA) is 3.24 Å². The van der Waals surface area contributed by atoms with Crippen LogP contribution in [-0.4, -0.2) is 35.8 Å². The minimum Gasteiger partial charge on any atom is -0.377 e. The molecule has 1 atom stereocenters. The largest absolute Gasteiger partial charge is 0.377 e. The highest BCUT2D eigenvalue weighted by molar-refractivity contribution is 7.98. The second-order valence-corrected chi connectivity index (χ2v) is 4.55. The fourth-order valence-corrected chi connectivity index (χ4v) is 1.72. The third-order valence-corrected chi connectivity index (χ3v) is 3.00. The second-order valence-electron chi connectivity index (χ2n) is 2.95. The van der Waals surface area contributed by atoms with Gasteiger partial charge in [-0.15, -0.1) is 6.58 Å². The van der Waals surface area contributed by atoms with E-state index in [4.69, 9.17) is 0 Å². The summed E-state index contributed by atoms with van der Waals surface area (Å²) in [6, 6.07) is 0. The minimum atomic E-state index is 0.212. The maximum absolute atomic E-state index is 4.45. The van der Waals surface area contributed by atoms with Crippen LogP contribution in [0.4, 0.5) is 0 Å². The molecule has 0 aromatic carbocycles. The maximum atomic E-state index is 4.45. The number of allylic oxidation sites excluding steroid dienone is 1. The molecule has 0 aliphatic rings. The van der Waals surface area contributed by atoms with Gasteiger partial charge in [0.2, 0.25) is 0 Å². The molecule has 0 saturated carbocycles. The van der Waals surface area contributed by atoms with Crippen molar-refractivity contribution >= 4 is 24.4 Å². The lowest BCUT2D eigenvalue weighted by molar-refractivity contribution is 0.434. The Balaban J connectivity index is 3.86. The molecular formula is C10H19NS2. The molecule has 0 aliphatic heterocycles. The van der Waals surface area contributed by atoms with Crippen molar-refractivity contribution in [3.63, 3.8) is 0 Å². The van der Waals surface area contributed by atoms with Gasteiger partial charge in [-0.05, 0) is 12.7 Å². The van der Waals surface area contributed by atoms with E-state index in [2.05, 4.69) is 44.0 Å². The third-order valence-electron chi connectivity index (χ3n) is 1.90. The van der Waals surface area contributed by atoms with Crippen molar-refractivity contribution in [2.75, 3.05) is 25.6 Å². The van der Waals surface area contributed by atoms with Crippen molar-refractivity contribution < 1.29 is 0 Å². The van der Waals surface area contributed by atoms with Crippen molar-refractivity contribution in [1.29, 1.82) is 0 Å². The van der Waals surface area contributed by atoms with E-state index in [1.54, 1.807) is 0 Å². The third kappa shape index (κ3) is 5.32. The second kappa shape index (κ2) is 7.39. The first-order valence-corrected chi connectivity index (χ1v) is 6.22. The summed E-state index contributed by atoms with van der Waals surface area (Å²) < 4.78 is 0. The molecule has 0 amide bonds. The first-order valence-electron chi connectivity index (χ1n) is 4.31. The van der Waals surface area contributed by atoms with Crippen LogP contribution in [0, 0.1) is 0 Å². The SMILES string of the molecule is C=CCC(S)C(=C)N(C)CCSC. The Hall–Kier alpha value is -0.0200. The number of nitrogens with zero attached hydrogens (tertiary/aromatic N) is 1. The molecule has 3 heteroatoms. The van der Waals surface area contributed by atoms with Gasteiger partial charge in [0.15, 0.2) is 0 Å². The van der Waals surface area contributed by atoms with Gasteiger partial charge >= 0.3 is 0 Å². The number of rotatable bonds is 7. The monoisotopic (exact) mass is 217 g/mol. The highest BCUT2D eigenvalue weighted by Gasteiger charge is 2.09. The van der Waals surface area contributed by atoms with Gasteiger partial charge in [0, 0.05) is 30.3 Å². The first-order chi connectivity index (χ1) is 6.13. The standard InChI is InChI=1S/C10H19NS2/c1-5-6-10(12)9(2)11(3)7-8-13-4/h5,10,12H,1-2,6-8H2,3-4H3. The van der Waals surface area contributed by atoms with Crippen LogP contribution >= 0.6 is 24.4 Å². The lowest BCUT2D eigenvalue weighted by atomic mass is 10.2. The van der Waals surface area contributed by atoms with E-state index in [-0.39, 0.29) is 5.25 Å². The molecule has 0 saturated heterocycles. The molecule has 0 bridgehead atoms.